The second-order valence-electron chi connectivity index (χ2n) is 3.48. The van der Waals surface area contributed by atoms with E-state index in [0.717, 1.165) is 12.1 Å². The smallest absolute Gasteiger partial charge is 0.257 e. The summed E-state index contributed by atoms with van der Waals surface area (Å²) in [6, 6.07) is 2.90. The van der Waals surface area contributed by atoms with Crippen LogP contribution in [0.25, 0.3) is 0 Å². The van der Waals surface area contributed by atoms with Gasteiger partial charge in [-0.25, -0.2) is 8.78 Å². The van der Waals surface area contributed by atoms with E-state index in [-0.39, 0.29) is 12.6 Å². The van der Waals surface area contributed by atoms with E-state index in [1.165, 1.54) is 6.07 Å². The Morgan fingerprint density at radius 3 is 2.50 bits per heavy atom. The van der Waals surface area contributed by atoms with Crippen LogP contribution in [0.1, 0.15) is 23.7 Å². The van der Waals surface area contributed by atoms with Crippen molar-refractivity contribution >= 4 is 5.91 Å². The number of amides is 1. The highest BCUT2D eigenvalue weighted by molar-refractivity contribution is 5.94. The standard InChI is InChI=1S/C11H13F2NO2/c1-7(5-6-15)14-11(16)10-8(12)3-2-4-9(10)13/h2-4,7,15H,5-6H2,1H3,(H,14,16). The maximum absolute atomic E-state index is 13.2. The predicted octanol–water partition coefficient (Wildman–Crippen LogP) is 1.47. The topological polar surface area (TPSA) is 49.3 Å². The van der Waals surface area contributed by atoms with E-state index in [2.05, 4.69) is 5.32 Å². The minimum atomic E-state index is -0.895. The Labute approximate surface area is 92.1 Å². The third kappa shape index (κ3) is 3.00. The summed E-state index contributed by atoms with van der Waals surface area (Å²) in [5, 5.41) is 11.0. The zero-order chi connectivity index (χ0) is 12.1. The summed E-state index contributed by atoms with van der Waals surface area (Å²) >= 11 is 0. The molecular weight excluding hydrogens is 216 g/mol. The molecule has 0 heterocycles. The average molecular weight is 229 g/mol. The number of carbonyl (C=O) groups is 1. The molecule has 1 atom stereocenters. The number of halogens is 2. The molecule has 1 amide bonds. The van der Waals surface area contributed by atoms with Gasteiger partial charge in [-0.05, 0) is 25.5 Å². The molecule has 1 rings (SSSR count). The fourth-order valence-electron chi connectivity index (χ4n) is 1.28. The van der Waals surface area contributed by atoms with Crippen molar-refractivity contribution in [2.24, 2.45) is 0 Å². The monoisotopic (exact) mass is 229 g/mol. The van der Waals surface area contributed by atoms with Crippen molar-refractivity contribution in [1.29, 1.82) is 0 Å². The molecule has 1 aromatic carbocycles. The van der Waals surface area contributed by atoms with Gasteiger partial charge in [0.05, 0.1) is 0 Å². The SMILES string of the molecule is CC(CCO)NC(=O)c1c(F)cccc1F. The molecule has 1 unspecified atom stereocenters. The average Bonchev–Trinajstić information content (AvgIpc) is 2.17. The molecular formula is C11H13F2NO2. The molecule has 0 bridgehead atoms. The highest BCUT2D eigenvalue weighted by Gasteiger charge is 2.18. The van der Waals surface area contributed by atoms with Crippen LogP contribution in [-0.2, 0) is 0 Å². The summed E-state index contributed by atoms with van der Waals surface area (Å²) < 4.78 is 26.4. The number of benzene rings is 1. The van der Waals surface area contributed by atoms with E-state index in [4.69, 9.17) is 5.11 Å². The number of nitrogens with one attached hydrogen (secondary N) is 1. The van der Waals surface area contributed by atoms with Gasteiger partial charge in [0.25, 0.3) is 5.91 Å². The van der Waals surface area contributed by atoms with Crippen molar-refractivity contribution in [2.45, 2.75) is 19.4 Å². The molecule has 0 radical (unpaired) electrons. The lowest BCUT2D eigenvalue weighted by Crippen LogP contribution is -2.34. The van der Waals surface area contributed by atoms with Crippen LogP contribution in [0.4, 0.5) is 8.78 Å². The lowest BCUT2D eigenvalue weighted by Gasteiger charge is -2.13. The summed E-state index contributed by atoms with van der Waals surface area (Å²) in [4.78, 5) is 11.5. The molecule has 2 N–H and O–H groups in total. The first-order valence-corrected chi connectivity index (χ1v) is 4.92. The number of aliphatic hydroxyl groups is 1. The Morgan fingerprint density at radius 1 is 1.44 bits per heavy atom. The summed E-state index contributed by atoms with van der Waals surface area (Å²) in [5.41, 5.74) is -0.590. The Balaban J connectivity index is 2.80. The van der Waals surface area contributed by atoms with Gasteiger partial charge in [0.15, 0.2) is 0 Å². The number of rotatable bonds is 4. The number of hydrogen-bond donors (Lipinski definition) is 2. The van der Waals surface area contributed by atoms with Crippen LogP contribution in [0.2, 0.25) is 0 Å². The predicted molar refractivity (Wildman–Crippen MR) is 55.0 cm³/mol. The maximum atomic E-state index is 13.2. The normalized spacial score (nSPS) is 12.2. The minimum absolute atomic E-state index is 0.0960. The van der Waals surface area contributed by atoms with E-state index in [1.54, 1.807) is 6.92 Å². The van der Waals surface area contributed by atoms with Gasteiger partial charge in [-0.1, -0.05) is 6.07 Å². The van der Waals surface area contributed by atoms with E-state index in [9.17, 15) is 13.6 Å². The maximum Gasteiger partial charge on any atom is 0.257 e. The molecule has 0 saturated carbocycles. The Kier molecular flexibility index (Phi) is 4.37. The molecule has 5 heteroatoms. The summed E-state index contributed by atoms with van der Waals surface area (Å²) in [5.74, 6) is -2.60. The first kappa shape index (κ1) is 12.6. The molecule has 0 aliphatic carbocycles. The molecule has 0 aromatic heterocycles. The quantitative estimate of drug-likeness (QED) is 0.821. The van der Waals surface area contributed by atoms with Gasteiger partial charge >= 0.3 is 0 Å². The van der Waals surface area contributed by atoms with Crippen molar-refractivity contribution < 1.29 is 18.7 Å². The summed E-state index contributed by atoms with van der Waals surface area (Å²) in [7, 11) is 0. The van der Waals surface area contributed by atoms with Gasteiger partial charge < -0.3 is 10.4 Å². The number of aliphatic hydroxyl groups excluding tert-OH is 1. The van der Waals surface area contributed by atoms with Crippen LogP contribution in [-0.4, -0.2) is 23.7 Å². The summed E-state index contributed by atoms with van der Waals surface area (Å²) in [6.45, 7) is 1.55. The number of hydrogen-bond acceptors (Lipinski definition) is 2. The van der Waals surface area contributed by atoms with Crippen LogP contribution in [0, 0.1) is 11.6 Å². The lowest BCUT2D eigenvalue weighted by molar-refractivity contribution is 0.0926. The molecule has 88 valence electrons. The second kappa shape index (κ2) is 5.55. The molecule has 3 nitrogen and oxygen atoms in total. The largest absolute Gasteiger partial charge is 0.396 e. The van der Waals surface area contributed by atoms with Crippen LogP contribution < -0.4 is 5.32 Å². The molecule has 0 fully saturated rings. The van der Waals surface area contributed by atoms with Gasteiger partial charge in [0, 0.05) is 12.6 Å². The molecule has 0 saturated heterocycles. The Hall–Kier alpha value is -1.49. The Morgan fingerprint density at radius 2 is 2.00 bits per heavy atom. The molecule has 0 spiro atoms. The number of carbonyl (C=O) groups excluding carboxylic acids is 1. The van der Waals surface area contributed by atoms with Gasteiger partial charge in [0.1, 0.15) is 17.2 Å². The van der Waals surface area contributed by atoms with Crippen LogP contribution >= 0.6 is 0 Å². The first-order valence-electron chi connectivity index (χ1n) is 4.92. The zero-order valence-electron chi connectivity index (χ0n) is 8.84. The van der Waals surface area contributed by atoms with Crippen molar-refractivity contribution in [2.75, 3.05) is 6.61 Å². The second-order valence-corrected chi connectivity index (χ2v) is 3.48. The third-order valence-corrected chi connectivity index (χ3v) is 2.13. The first-order chi connectivity index (χ1) is 7.56. The van der Waals surface area contributed by atoms with Gasteiger partial charge in [-0.15, -0.1) is 0 Å². The van der Waals surface area contributed by atoms with Gasteiger partial charge in [-0.3, -0.25) is 4.79 Å². The third-order valence-electron chi connectivity index (χ3n) is 2.13. The fourth-order valence-corrected chi connectivity index (χ4v) is 1.28. The van der Waals surface area contributed by atoms with Crippen LogP contribution in [0.5, 0.6) is 0 Å². The summed E-state index contributed by atoms with van der Waals surface area (Å²) in [6.07, 6.45) is 0.335. The van der Waals surface area contributed by atoms with Crippen molar-refractivity contribution in [3.63, 3.8) is 0 Å². The van der Waals surface area contributed by atoms with E-state index < -0.39 is 23.1 Å². The van der Waals surface area contributed by atoms with E-state index in [1.807, 2.05) is 0 Å². The molecule has 0 aliphatic rings. The molecule has 16 heavy (non-hydrogen) atoms. The minimum Gasteiger partial charge on any atom is -0.396 e. The molecule has 0 aliphatic heterocycles. The highest BCUT2D eigenvalue weighted by atomic mass is 19.1. The van der Waals surface area contributed by atoms with E-state index in [0.29, 0.717) is 6.42 Å². The lowest BCUT2D eigenvalue weighted by atomic mass is 10.1. The highest BCUT2D eigenvalue weighted by Crippen LogP contribution is 2.12. The van der Waals surface area contributed by atoms with Crippen LogP contribution in [0.3, 0.4) is 0 Å². The van der Waals surface area contributed by atoms with Crippen molar-refractivity contribution in [3.05, 3.63) is 35.4 Å². The fraction of sp³-hybridized carbons (Fsp3) is 0.364. The van der Waals surface area contributed by atoms with Crippen molar-refractivity contribution in [3.8, 4) is 0 Å². The van der Waals surface area contributed by atoms with Gasteiger partial charge in [-0.2, -0.15) is 0 Å². The van der Waals surface area contributed by atoms with Crippen LogP contribution in [0.15, 0.2) is 18.2 Å². The molecule has 1 aromatic rings. The van der Waals surface area contributed by atoms with E-state index >= 15 is 0 Å². The van der Waals surface area contributed by atoms with Crippen molar-refractivity contribution in [1.82, 2.24) is 5.32 Å². The zero-order valence-corrected chi connectivity index (χ0v) is 8.84. The van der Waals surface area contributed by atoms with Gasteiger partial charge in [0.2, 0.25) is 0 Å². The Bertz CT molecular complexity index is 362.